The van der Waals surface area contributed by atoms with Crippen molar-refractivity contribution in [1.82, 2.24) is 9.78 Å². The Bertz CT molecular complexity index is 764. The number of hydrogen-bond acceptors (Lipinski definition) is 3. The number of nitrogens with zero attached hydrogens (tertiary/aromatic N) is 2. The molecular weight excluding hydrogens is 264 g/mol. The van der Waals surface area contributed by atoms with Crippen LogP contribution in [0.3, 0.4) is 0 Å². The van der Waals surface area contributed by atoms with Gasteiger partial charge in [-0.3, -0.25) is 4.68 Å². The van der Waals surface area contributed by atoms with Gasteiger partial charge in [0.2, 0.25) is 0 Å². The van der Waals surface area contributed by atoms with E-state index in [0.29, 0.717) is 12.2 Å². The van der Waals surface area contributed by atoms with E-state index in [1.165, 1.54) is 0 Å². The Balaban J connectivity index is 2.04. The molecule has 0 aliphatic heterocycles. The fourth-order valence-electron chi connectivity index (χ4n) is 2.70. The number of aliphatic hydroxyl groups is 1. The van der Waals surface area contributed by atoms with Crippen LogP contribution in [-0.4, -0.2) is 22.0 Å². The van der Waals surface area contributed by atoms with Crippen molar-refractivity contribution >= 4 is 10.8 Å². The number of hydrogen-bond donors (Lipinski definition) is 1. The summed E-state index contributed by atoms with van der Waals surface area (Å²) in [5.41, 5.74) is 1.83. The molecule has 0 spiro atoms. The second-order valence-corrected chi connectivity index (χ2v) is 5.14. The van der Waals surface area contributed by atoms with Gasteiger partial charge in [0.1, 0.15) is 5.75 Å². The number of methoxy groups -OCH3 is 1. The third-order valence-corrected chi connectivity index (χ3v) is 3.67. The van der Waals surface area contributed by atoms with Crippen molar-refractivity contribution in [3.05, 3.63) is 59.9 Å². The zero-order valence-corrected chi connectivity index (χ0v) is 12.2. The lowest BCUT2D eigenvalue weighted by atomic mass is 9.96. The Morgan fingerprint density at radius 1 is 1.24 bits per heavy atom. The number of aryl methyl sites for hydroxylation is 1. The lowest BCUT2D eigenvalue weighted by molar-refractivity contribution is 0.175. The maximum atomic E-state index is 10.7. The predicted molar refractivity (Wildman–Crippen MR) is 82.4 cm³/mol. The molecule has 108 valence electrons. The smallest absolute Gasteiger partial charge is 0.125 e. The molecule has 3 rings (SSSR count). The molecule has 0 aliphatic rings. The lowest BCUT2D eigenvalue weighted by Gasteiger charge is -2.17. The Morgan fingerprint density at radius 2 is 2.05 bits per heavy atom. The first-order valence-corrected chi connectivity index (χ1v) is 6.90. The number of aromatic nitrogens is 2. The molecule has 0 radical (unpaired) electrons. The lowest BCUT2D eigenvalue weighted by Crippen LogP contribution is -2.05. The van der Waals surface area contributed by atoms with Gasteiger partial charge in [-0.1, -0.05) is 30.3 Å². The molecular formula is C17H18N2O2. The highest BCUT2D eigenvalue weighted by molar-refractivity contribution is 5.88. The molecule has 0 saturated heterocycles. The fourth-order valence-corrected chi connectivity index (χ4v) is 2.70. The van der Waals surface area contributed by atoms with E-state index in [1.807, 2.05) is 49.6 Å². The van der Waals surface area contributed by atoms with Gasteiger partial charge in [-0.05, 0) is 22.4 Å². The quantitative estimate of drug-likeness (QED) is 0.800. The molecule has 0 aliphatic carbocycles. The van der Waals surface area contributed by atoms with Gasteiger partial charge in [0.05, 0.1) is 19.4 Å². The van der Waals surface area contributed by atoms with Crippen molar-refractivity contribution in [3.63, 3.8) is 0 Å². The second-order valence-electron chi connectivity index (χ2n) is 5.14. The summed E-state index contributed by atoms with van der Waals surface area (Å²) in [5, 5.41) is 16.9. The van der Waals surface area contributed by atoms with E-state index in [1.54, 1.807) is 18.0 Å². The minimum absolute atomic E-state index is 0.512. The van der Waals surface area contributed by atoms with Crippen LogP contribution in [0.1, 0.15) is 17.2 Å². The number of fused-ring (bicyclic) bond motifs is 1. The van der Waals surface area contributed by atoms with Crippen LogP contribution in [-0.2, 0) is 13.5 Å². The third-order valence-electron chi connectivity index (χ3n) is 3.67. The molecule has 21 heavy (non-hydrogen) atoms. The van der Waals surface area contributed by atoms with Gasteiger partial charge in [0.25, 0.3) is 0 Å². The maximum Gasteiger partial charge on any atom is 0.125 e. The number of benzene rings is 2. The summed E-state index contributed by atoms with van der Waals surface area (Å²) >= 11 is 0. The van der Waals surface area contributed by atoms with Gasteiger partial charge in [-0.25, -0.2) is 0 Å². The van der Waals surface area contributed by atoms with Crippen molar-refractivity contribution in [3.8, 4) is 5.75 Å². The minimum Gasteiger partial charge on any atom is -0.496 e. The average molecular weight is 282 g/mol. The van der Waals surface area contributed by atoms with E-state index in [4.69, 9.17) is 4.74 Å². The zero-order chi connectivity index (χ0) is 14.8. The summed E-state index contributed by atoms with van der Waals surface area (Å²) in [6.45, 7) is 0. The Hall–Kier alpha value is -2.33. The largest absolute Gasteiger partial charge is 0.496 e. The number of aliphatic hydroxyl groups excluding tert-OH is 1. The van der Waals surface area contributed by atoms with Crippen LogP contribution >= 0.6 is 0 Å². The predicted octanol–water partition coefficient (Wildman–Crippen LogP) is 2.86. The molecule has 1 aromatic heterocycles. The van der Waals surface area contributed by atoms with Crippen molar-refractivity contribution in [1.29, 1.82) is 0 Å². The van der Waals surface area contributed by atoms with Crippen molar-refractivity contribution in [2.24, 2.45) is 7.05 Å². The van der Waals surface area contributed by atoms with Crippen molar-refractivity contribution < 1.29 is 9.84 Å². The highest BCUT2D eigenvalue weighted by Crippen LogP contribution is 2.34. The standard InChI is InChI=1S/C17H18N2O2/c1-19-11-12(10-18-19)9-15(20)17-14-6-4-3-5-13(14)7-8-16(17)21-2/h3-8,10-11,15,20H,9H2,1-2H3. The first kappa shape index (κ1) is 13.6. The van der Waals surface area contributed by atoms with E-state index in [0.717, 1.165) is 21.9 Å². The SMILES string of the molecule is COc1ccc2ccccc2c1C(O)Cc1cnn(C)c1. The highest BCUT2D eigenvalue weighted by atomic mass is 16.5. The molecule has 1 heterocycles. The summed E-state index contributed by atoms with van der Waals surface area (Å²) in [7, 11) is 3.50. The van der Waals surface area contributed by atoms with E-state index >= 15 is 0 Å². The molecule has 0 fully saturated rings. The van der Waals surface area contributed by atoms with Gasteiger partial charge >= 0.3 is 0 Å². The maximum absolute atomic E-state index is 10.7. The Labute approximate surface area is 123 Å². The monoisotopic (exact) mass is 282 g/mol. The van der Waals surface area contributed by atoms with Gasteiger partial charge in [0, 0.05) is 25.2 Å². The molecule has 1 unspecified atom stereocenters. The Kier molecular flexibility index (Phi) is 3.62. The third kappa shape index (κ3) is 2.62. The van der Waals surface area contributed by atoms with Gasteiger partial charge < -0.3 is 9.84 Å². The van der Waals surface area contributed by atoms with Crippen LogP contribution in [0.5, 0.6) is 5.75 Å². The average Bonchev–Trinajstić information content (AvgIpc) is 2.90. The van der Waals surface area contributed by atoms with Gasteiger partial charge in [-0.15, -0.1) is 0 Å². The molecule has 1 N–H and O–H groups in total. The Morgan fingerprint density at radius 3 is 2.76 bits per heavy atom. The van der Waals surface area contributed by atoms with Crippen molar-refractivity contribution in [2.45, 2.75) is 12.5 Å². The van der Waals surface area contributed by atoms with Crippen LogP contribution in [0.15, 0.2) is 48.8 Å². The summed E-state index contributed by atoms with van der Waals surface area (Å²) in [6.07, 6.45) is 3.58. The molecule has 0 amide bonds. The molecule has 2 aromatic carbocycles. The second kappa shape index (κ2) is 5.58. The van der Waals surface area contributed by atoms with Crippen LogP contribution < -0.4 is 4.74 Å². The van der Waals surface area contributed by atoms with Crippen LogP contribution in [0.2, 0.25) is 0 Å². The van der Waals surface area contributed by atoms with Crippen LogP contribution in [0.25, 0.3) is 10.8 Å². The van der Waals surface area contributed by atoms with E-state index in [9.17, 15) is 5.11 Å². The number of rotatable bonds is 4. The van der Waals surface area contributed by atoms with Gasteiger partial charge in [-0.2, -0.15) is 5.10 Å². The number of ether oxygens (including phenoxy) is 1. The van der Waals surface area contributed by atoms with E-state index in [-0.39, 0.29) is 0 Å². The topological polar surface area (TPSA) is 47.3 Å². The van der Waals surface area contributed by atoms with Crippen LogP contribution in [0.4, 0.5) is 0 Å². The zero-order valence-electron chi connectivity index (χ0n) is 12.2. The summed E-state index contributed by atoms with van der Waals surface area (Å²) < 4.78 is 7.18. The molecule has 4 nitrogen and oxygen atoms in total. The fraction of sp³-hybridized carbons (Fsp3) is 0.235. The summed E-state index contributed by atoms with van der Waals surface area (Å²) in [6, 6.07) is 11.9. The van der Waals surface area contributed by atoms with Gasteiger partial charge in [0.15, 0.2) is 0 Å². The van der Waals surface area contributed by atoms with Crippen LogP contribution in [0, 0.1) is 0 Å². The first-order chi connectivity index (χ1) is 10.2. The van der Waals surface area contributed by atoms with Crippen molar-refractivity contribution in [2.75, 3.05) is 7.11 Å². The van der Waals surface area contributed by atoms with E-state index in [2.05, 4.69) is 5.10 Å². The van der Waals surface area contributed by atoms with E-state index < -0.39 is 6.10 Å². The molecule has 4 heteroatoms. The minimum atomic E-state index is -0.629. The molecule has 0 saturated carbocycles. The highest BCUT2D eigenvalue weighted by Gasteiger charge is 2.18. The summed E-state index contributed by atoms with van der Waals surface area (Å²) in [4.78, 5) is 0. The molecule has 1 atom stereocenters. The molecule has 0 bridgehead atoms. The first-order valence-electron chi connectivity index (χ1n) is 6.90. The molecule has 3 aromatic rings. The normalized spacial score (nSPS) is 12.5. The summed E-state index contributed by atoms with van der Waals surface area (Å²) in [5.74, 6) is 0.713.